The monoisotopic (exact) mass is 217 g/mol. The molecule has 0 aromatic rings. The summed E-state index contributed by atoms with van der Waals surface area (Å²) >= 11 is 1.94. The van der Waals surface area contributed by atoms with Crippen molar-refractivity contribution in [1.82, 2.24) is 5.32 Å². The van der Waals surface area contributed by atoms with Crippen molar-refractivity contribution in [2.75, 3.05) is 19.3 Å². The predicted molar refractivity (Wildman–Crippen MR) is 69.2 cm³/mol. The molecule has 0 aliphatic carbocycles. The van der Waals surface area contributed by atoms with Gasteiger partial charge in [0.2, 0.25) is 0 Å². The first-order valence-corrected chi connectivity index (χ1v) is 7.26. The molecule has 0 heterocycles. The number of hydrogen-bond donors (Lipinski definition) is 1. The van der Waals surface area contributed by atoms with Crippen LogP contribution in [0.15, 0.2) is 0 Å². The van der Waals surface area contributed by atoms with Crippen LogP contribution in [0, 0.1) is 5.92 Å². The van der Waals surface area contributed by atoms with E-state index in [2.05, 4.69) is 32.3 Å². The maximum absolute atomic E-state index is 3.58. The predicted octanol–water partition coefficient (Wildman–Crippen LogP) is 3.54. The highest BCUT2D eigenvalue weighted by Crippen LogP contribution is 2.11. The summed E-state index contributed by atoms with van der Waals surface area (Å²) in [6, 6.07) is 0. The molecule has 0 fully saturated rings. The minimum atomic E-state index is 0.749. The summed E-state index contributed by atoms with van der Waals surface area (Å²) in [6.45, 7) is 9.23. The van der Waals surface area contributed by atoms with Crippen LogP contribution in [0.1, 0.15) is 46.5 Å². The van der Waals surface area contributed by atoms with Crippen LogP contribution in [0.4, 0.5) is 0 Å². The van der Waals surface area contributed by atoms with Crippen LogP contribution >= 0.6 is 11.8 Å². The molecule has 2 heteroatoms. The van der Waals surface area contributed by atoms with Crippen LogP contribution in [0.2, 0.25) is 0 Å². The van der Waals surface area contributed by atoms with Crippen LogP contribution in [-0.2, 0) is 0 Å². The van der Waals surface area contributed by atoms with E-state index in [1.165, 1.54) is 32.2 Å². The van der Waals surface area contributed by atoms with Gasteiger partial charge in [-0.15, -0.1) is 0 Å². The van der Waals surface area contributed by atoms with Gasteiger partial charge in [0.1, 0.15) is 0 Å². The third-order valence-corrected chi connectivity index (χ3v) is 3.78. The van der Waals surface area contributed by atoms with Crippen LogP contribution in [0.5, 0.6) is 0 Å². The van der Waals surface area contributed by atoms with Crippen molar-refractivity contribution in [3.8, 4) is 0 Å². The molecule has 0 aliphatic rings. The topological polar surface area (TPSA) is 12.0 Å². The second kappa shape index (κ2) is 9.85. The molecule has 14 heavy (non-hydrogen) atoms. The summed E-state index contributed by atoms with van der Waals surface area (Å²) in [4.78, 5) is 0. The van der Waals surface area contributed by atoms with Crippen molar-refractivity contribution < 1.29 is 0 Å². The number of unbranched alkanes of at least 4 members (excludes halogenated alkanes) is 1. The molecule has 0 rings (SSSR count). The summed E-state index contributed by atoms with van der Waals surface area (Å²) in [5.41, 5.74) is 0. The fraction of sp³-hybridized carbons (Fsp3) is 1.00. The molecule has 0 saturated carbocycles. The van der Waals surface area contributed by atoms with E-state index in [-0.39, 0.29) is 0 Å². The third-order valence-electron chi connectivity index (χ3n) is 2.81. The van der Waals surface area contributed by atoms with Gasteiger partial charge in [-0.1, -0.05) is 40.0 Å². The molecule has 0 amide bonds. The smallest absolute Gasteiger partial charge is 0.0141 e. The highest BCUT2D eigenvalue weighted by atomic mass is 32.2. The van der Waals surface area contributed by atoms with Gasteiger partial charge < -0.3 is 5.32 Å². The van der Waals surface area contributed by atoms with E-state index >= 15 is 0 Å². The third kappa shape index (κ3) is 7.69. The number of thioether (sulfide) groups is 1. The molecule has 0 saturated heterocycles. The maximum Gasteiger partial charge on any atom is 0.0141 e. The van der Waals surface area contributed by atoms with Crippen LogP contribution in [-0.4, -0.2) is 24.6 Å². The summed E-state index contributed by atoms with van der Waals surface area (Å²) in [5.74, 6) is 0.893. The average Bonchev–Trinajstić information content (AvgIpc) is 2.22. The normalized spacial score (nSPS) is 15.4. The van der Waals surface area contributed by atoms with Crippen LogP contribution < -0.4 is 5.32 Å². The second-order valence-corrected chi connectivity index (χ2v) is 5.40. The largest absolute Gasteiger partial charge is 0.315 e. The molecule has 0 aromatic carbocycles. The molecule has 2 unspecified atom stereocenters. The quantitative estimate of drug-likeness (QED) is 0.634. The Morgan fingerprint density at radius 3 is 2.43 bits per heavy atom. The molecule has 0 spiro atoms. The number of nitrogens with one attached hydrogen (secondary N) is 1. The Kier molecular flexibility index (Phi) is 10.1. The lowest BCUT2D eigenvalue weighted by atomic mass is 9.99. The lowest BCUT2D eigenvalue weighted by Gasteiger charge is -2.16. The van der Waals surface area contributed by atoms with Crippen molar-refractivity contribution in [2.45, 2.75) is 51.7 Å². The molecular weight excluding hydrogens is 190 g/mol. The zero-order chi connectivity index (χ0) is 10.8. The maximum atomic E-state index is 3.58. The molecule has 1 N–H and O–H groups in total. The SMILES string of the molecule is CCCCC(CC)CNCC(C)SC. The zero-order valence-electron chi connectivity index (χ0n) is 10.3. The average molecular weight is 217 g/mol. The lowest BCUT2D eigenvalue weighted by molar-refractivity contribution is 0.421. The van der Waals surface area contributed by atoms with Gasteiger partial charge in [0.15, 0.2) is 0 Å². The van der Waals surface area contributed by atoms with Gasteiger partial charge in [-0.2, -0.15) is 11.8 Å². The Labute approximate surface area is 94.4 Å². The fourth-order valence-corrected chi connectivity index (χ4v) is 1.80. The van der Waals surface area contributed by atoms with Gasteiger partial charge in [-0.05, 0) is 25.1 Å². The lowest BCUT2D eigenvalue weighted by Crippen LogP contribution is -2.28. The second-order valence-electron chi connectivity index (χ2n) is 4.12. The Hall–Kier alpha value is 0.310. The summed E-state index contributed by atoms with van der Waals surface area (Å²) in [5, 5.41) is 4.32. The van der Waals surface area contributed by atoms with Gasteiger partial charge in [0, 0.05) is 11.8 Å². The van der Waals surface area contributed by atoms with Crippen molar-refractivity contribution in [1.29, 1.82) is 0 Å². The molecular formula is C12H27NS. The highest BCUT2D eigenvalue weighted by molar-refractivity contribution is 7.99. The Balaban J connectivity index is 3.42. The zero-order valence-corrected chi connectivity index (χ0v) is 11.1. The van der Waals surface area contributed by atoms with E-state index in [0.29, 0.717) is 0 Å². The van der Waals surface area contributed by atoms with E-state index in [1.807, 2.05) is 11.8 Å². The van der Waals surface area contributed by atoms with Gasteiger partial charge in [-0.3, -0.25) is 0 Å². The molecule has 0 aromatic heterocycles. The molecule has 0 bridgehead atoms. The fourth-order valence-electron chi connectivity index (χ4n) is 1.52. The van der Waals surface area contributed by atoms with Crippen LogP contribution in [0.3, 0.4) is 0 Å². The molecule has 1 nitrogen and oxygen atoms in total. The Morgan fingerprint density at radius 2 is 1.93 bits per heavy atom. The van der Waals surface area contributed by atoms with Gasteiger partial charge in [-0.25, -0.2) is 0 Å². The first-order chi connectivity index (χ1) is 6.74. The summed E-state index contributed by atoms with van der Waals surface area (Å²) in [6.07, 6.45) is 7.62. The van der Waals surface area contributed by atoms with E-state index in [1.54, 1.807) is 0 Å². The molecule has 0 aliphatic heterocycles. The van der Waals surface area contributed by atoms with Crippen LogP contribution in [0.25, 0.3) is 0 Å². The molecule has 2 atom stereocenters. The van der Waals surface area contributed by atoms with E-state index in [9.17, 15) is 0 Å². The highest BCUT2D eigenvalue weighted by Gasteiger charge is 2.05. The number of rotatable bonds is 9. The summed E-state index contributed by atoms with van der Waals surface area (Å²) < 4.78 is 0. The standard InChI is InChI=1S/C12H27NS/c1-5-7-8-12(6-2)10-13-9-11(3)14-4/h11-13H,5-10H2,1-4H3. The number of hydrogen-bond acceptors (Lipinski definition) is 2. The van der Waals surface area contributed by atoms with E-state index in [4.69, 9.17) is 0 Å². The molecule has 86 valence electrons. The van der Waals surface area contributed by atoms with Gasteiger partial charge in [0.25, 0.3) is 0 Å². The van der Waals surface area contributed by atoms with Crippen molar-refractivity contribution >= 4 is 11.8 Å². The van der Waals surface area contributed by atoms with Crippen molar-refractivity contribution in [3.63, 3.8) is 0 Å². The Bertz CT molecular complexity index is 117. The van der Waals surface area contributed by atoms with Gasteiger partial charge >= 0.3 is 0 Å². The first-order valence-electron chi connectivity index (χ1n) is 5.98. The van der Waals surface area contributed by atoms with Crippen molar-refractivity contribution in [3.05, 3.63) is 0 Å². The minimum Gasteiger partial charge on any atom is -0.315 e. The van der Waals surface area contributed by atoms with E-state index < -0.39 is 0 Å². The minimum absolute atomic E-state index is 0.749. The van der Waals surface area contributed by atoms with E-state index in [0.717, 1.165) is 17.7 Å². The van der Waals surface area contributed by atoms with Gasteiger partial charge in [0.05, 0.1) is 0 Å². The molecule has 0 radical (unpaired) electrons. The Morgan fingerprint density at radius 1 is 1.21 bits per heavy atom. The van der Waals surface area contributed by atoms with Crippen molar-refractivity contribution in [2.24, 2.45) is 5.92 Å². The summed E-state index contributed by atoms with van der Waals surface area (Å²) in [7, 11) is 0. The first kappa shape index (κ1) is 14.3.